The van der Waals surface area contributed by atoms with Gasteiger partial charge in [0.2, 0.25) is 0 Å². The van der Waals surface area contributed by atoms with E-state index in [0.29, 0.717) is 6.04 Å². The molecule has 1 saturated heterocycles. The Morgan fingerprint density at radius 3 is 2.67 bits per heavy atom. The molecule has 0 aromatic carbocycles. The molecule has 3 heteroatoms. The summed E-state index contributed by atoms with van der Waals surface area (Å²) in [5.41, 5.74) is 2.51. The molecular formula is C12H19N3. The summed E-state index contributed by atoms with van der Waals surface area (Å²) in [6.45, 7) is 4.37. The molecule has 0 amide bonds. The molecule has 1 aromatic heterocycles. The van der Waals surface area contributed by atoms with Crippen LogP contribution in [0.1, 0.15) is 18.4 Å². The molecule has 0 bridgehead atoms. The Morgan fingerprint density at radius 2 is 2.07 bits per heavy atom. The third kappa shape index (κ3) is 2.48. The molecule has 0 unspecified atom stereocenters. The molecular weight excluding hydrogens is 186 g/mol. The first-order valence-corrected chi connectivity index (χ1v) is 5.63. The van der Waals surface area contributed by atoms with Crippen molar-refractivity contribution < 1.29 is 0 Å². The van der Waals surface area contributed by atoms with E-state index in [0.717, 1.165) is 13.1 Å². The minimum absolute atomic E-state index is 0.694. The molecule has 0 radical (unpaired) electrons. The maximum atomic E-state index is 4.24. The van der Waals surface area contributed by atoms with Crippen LogP contribution in [0, 0.1) is 6.92 Å². The molecule has 1 aliphatic rings. The monoisotopic (exact) mass is 205 g/mol. The Morgan fingerprint density at radius 1 is 1.33 bits per heavy atom. The summed E-state index contributed by atoms with van der Waals surface area (Å²) in [5.74, 6) is 0. The quantitative estimate of drug-likeness (QED) is 0.794. The van der Waals surface area contributed by atoms with Gasteiger partial charge in [0.05, 0.1) is 11.9 Å². The van der Waals surface area contributed by atoms with Crippen molar-refractivity contribution in [2.45, 2.75) is 25.8 Å². The highest BCUT2D eigenvalue weighted by Gasteiger charge is 2.17. The Bertz CT molecular complexity index is 316. The lowest BCUT2D eigenvalue weighted by Gasteiger charge is -2.33. The van der Waals surface area contributed by atoms with E-state index < -0.39 is 0 Å². The van der Waals surface area contributed by atoms with Gasteiger partial charge in [0, 0.05) is 25.3 Å². The van der Waals surface area contributed by atoms with Gasteiger partial charge in [0.1, 0.15) is 0 Å². The number of piperidine rings is 1. The molecule has 15 heavy (non-hydrogen) atoms. The highest BCUT2D eigenvalue weighted by atomic mass is 15.1. The number of aromatic nitrogens is 1. The van der Waals surface area contributed by atoms with Gasteiger partial charge in [0.25, 0.3) is 0 Å². The molecule has 3 nitrogen and oxygen atoms in total. The first-order valence-electron chi connectivity index (χ1n) is 5.63. The van der Waals surface area contributed by atoms with E-state index in [1.807, 2.05) is 12.4 Å². The summed E-state index contributed by atoms with van der Waals surface area (Å²) in [7, 11) is 2.05. The molecule has 1 aromatic rings. The second kappa shape index (κ2) is 4.62. The van der Waals surface area contributed by atoms with Gasteiger partial charge < -0.3 is 10.2 Å². The van der Waals surface area contributed by atoms with Crippen LogP contribution in [0.3, 0.4) is 0 Å². The third-order valence-corrected chi connectivity index (χ3v) is 3.13. The SMILES string of the molecule is CNC1CCN(c2cncc(C)c2)CC1. The molecule has 82 valence electrons. The largest absolute Gasteiger partial charge is 0.370 e. The summed E-state index contributed by atoms with van der Waals surface area (Å²) >= 11 is 0. The molecule has 1 N–H and O–H groups in total. The zero-order chi connectivity index (χ0) is 10.7. The van der Waals surface area contributed by atoms with Crippen molar-refractivity contribution in [3.63, 3.8) is 0 Å². The Hall–Kier alpha value is -1.09. The van der Waals surface area contributed by atoms with Crippen LogP contribution >= 0.6 is 0 Å². The molecule has 0 spiro atoms. The van der Waals surface area contributed by atoms with E-state index in [2.05, 4.69) is 35.2 Å². The third-order valence-electron chi connectivity index (χ3n) is 3.13. The average Bonchev–Trinajstić information content (AvgIpc) is 2.29. The van der Waals surface area contributed by atoms with E-state index in [-0.39, 0.29) is 0 Å². The maximum absolute atomic E-state index is 4.24. The van der Waals surface area contributed by atoms with Gasteiger partial charge in [-0.05, 0) is 38.4 Å². The van der Waals surface area contributed by atoms with Crippen molar-refractivity contribution in [3.05, 3.63) is 24.0 Å². The molecule has 1 fully saturated rings. The minimum atomic E-state index is 0.694. The Balaban J connectivity index is 2.01. The lowest BCUT2D eigenvalue weighted by atomic mass is 10.0. The summed E-state index contributed by atoms with van der Waals surface area (Å²) in [6, 6.07) is 2.91. The number of nitrogens with one attached hydrogen (secondary N) is 1. The van der Waals surface area contributed by atoms with Crippen LogP contribution in [0.4, 0.5) is 5.69 Å². The van der Waals surface area contributed by atoms with Crippen molar-refractivity contribution in [1.29, 1.82) is 0 Å². The Kier molecular flexibility index (Phi) is 3.21. The molecule has 1 aliphatic heterocycles. The van der Waals surface area contributed by atoms with E-state index in [1.165, 1.54) is 24.1 Å². The van der Waals surface area contributed by atoms with E-state index in [1.54, 1.807) is 0 Å². The zero-order valence-electron chi connectivity index (χ0n) is 9.53. The fourth-order valence-corrected chi connectivity index (χ4v) is 2.14. The lowest BCUT2D eigenvalue weighted by molar-refractivity contribution is 0.442. The van der Waals surface area contributed by atoms with Crippen LogP contribution in [0.5, 0.6) is 0 Å². The molecule has 0 aliphatic carbocycles. The van der Waals surface area contributed by atoms with Crippen molar-refractivity contribution >= 4 is 5.69 Å². The number of rotatable bonds is 2. The summed E-state index contributed by atoms with van der Waals surface area (Å²) in [5, 5.41) is 3.34. The second-order valence-corrected chi connectivity index (χ2v) is 4.27. The highest BCUT2D eigenvalue weighted by molar-refractivity contribution is 5.46. The van der Waals surface area contributed by atoms with Gasteiger partial charge in [-0.2, -0.15) is 0 Å². The van der Waals surface area contributed by atoms with Gasteiger partial charge in [-0.1, -0.05) is 0 Å². The second-order valence-electron chi connectivity index (χ2n) is 4.27. The number of anilines is 1. The van der Waals surface area contributed by atoms with Crippen LogP contribution in [-0.4, -0.2) is 31.2 Å². The van der Waals surface area contributed by atoms with E-state index in [4.69, 9.17) is 0 Å². The highest BCUT2D eigenvalue weighted by Crippen LogP contribution is 2.19. The standard InChI is InChI=1S/C12H19N3/c1-10-7-12(9-14-8-10)15-5-3-11(13-2)4-6-15/h7-9,11,13H,3-6H2,1-2H3. The number of aryl methyl sites for hydroxylation is 1. The number of hydrogen-bond donors (Lipinski definition) is 1. The predicted molar refractivity (Wildman–Crippen MR) is 63.3 cm³/mol. The number of nitrogens with zero attached hydrogens (tertiary/aromatic N) is 2. The normalized spacial score (nSPS) is 18.1. The molecule has 2 rings (SSSR count). The first-order chi connectivity index (χ1) is 7.29. The van der Waals surface area contributed by atoms with Gasteiger partial charge in [-0.25, -0.2) is 0 Å². The van der Waals surface area contributed by atoms with Gasteiger partial charge in [-0.3, -0.25) is 4.98 Å². The summed E-state index contributed by atoms with van der Waals surface area (Å²) in [6.07, 6.45) is 6.32. The van der Waals surface area contributed by atoms with E-state index >= 15 is 0 Å². The van der Waals surface area contributed by atoms with Crippen molar-refractivity contribution in [1.82, 2.24) is 10.3 Å². The van der Waals surface area contributed by atoms with Crippen LogP contribution in [0.2, 0.25) is 0 Å². The van der Waals surface area contributed by atoms with Crippen molar-refractivity contribution in [2.75, 3.05) is 25.0 Å². The van der Waals surface area contributed by atoms with Crippen LogP contribution in [0.25, 0.3) is 0 Å². The molecule has 0 saturated carbocycles. The lowest BCUT2D eigenvalue weighted by Crippen LogP contribution is -2.41. The summed E-state index contributed by atoms with van der Waals surface area (Å²) < 4.78 is 0. The van der Waals surface area contributed by atoms with Gasteiger partial charge in [-0.15, -0.1) is 0 Å². The topological polar surface area (TPSA) is 28.2 Å². The first kappa shape index (κ1) is 10.4. The van der Waals surface area contributed by atoms with Crippen molar-refractivity contribution in [3.8, 4) is 0 Å². The maximum Gasteiger partial charge on any atom is 0.0555 e. The average molecular weight is 205 g/mol. The van der Waals surface area contributed by atoms with Gasteiger partial charge >= 0.3 is 0 Å². The molecule has 2 heterocycles. The van der Waals surface area contributed by atoms with Crippen LogP contribution in [0.15, 0.2) is 18.5 Å². The number of pyridine rings is 1. The van der Waals surface area contributed by atoms with Gasteiger partial charge in [0.15, 0.2) is 0 Å². The predicted octanol–water partition coefficient (Wildman–Crippen LogP) is 1.58. The zero-order valence-corrected chi connectivity index (χ0v) is 9.53. The number of hydrogen-bond acceptors (Lipinski definition) is 3. The van der Waals surface area contributed by atoms with Crippen molar-refractivity contribution in [2.24, 2.45) is 0 Å². The summed E-state index contributed by atoms with van der Waals surface area (Å²) in [4.78, 5) is 6.67. The van der Waals surface area contributed by atoms with E-state index in [9.17, 15) is 0 Å². The van der Waals surface area contributed by atoms with Crippen LogP contribution < -0.4 is 10.2 Å². The fourth-order valence-electron chi connectivity index (χ4n) is 2.14. The Labute approximate surface area is 91.5 Å². The fraction of sp³-hybridized carbons (Fsp3) is 0.583. The van der Waals surface area contributed by atoms with Crippen LogP contribution in [-0.2, 0) is 0 Å². The smallest absolute Gasteiger partial charge is 0.0555 e. The minimum Gasteiger partial charge on any atom is -0.370 e. The molecule has 0 atom stereocenters.